The highest BCUT2D eigenvalue weighted by Gasteiger charge is 2.44. The lowest BCUT2D eigenvalue weighted by Crippen LogP contribution is -2.60. The molecule has 0 spiro atoms. The minimum absolute atomic E-state index is 0.0935. The molecular formula is C25H44O18. The van der Waals surface area contributed by atoms with Crippen molar-refractivity contribution in [1.29, 1.82) is 0 Å². The number of aliphatic hydroxyl groups excluding tert-OH is 15. The van der Waals surface area contributed by atoms with Crippen molar-refractivity contribution in [2.24, 2.45) is 0 Å². The minimum atomic E-state index is -1.67. The van der Waals surface area contributed by atoms with Crippen LogP contribution in [0.4, 0.5) is 0 Å². The second-order valence-electron chi connectivity index (χ2n) is 9.41. The van der Waals surface area contributed by atoms with Crippen molar-refractivity contribution < 1.29 is 90.9 Å². The van der Waals surface area contributed by atoms with E-state index in [9.17, 15) is 25.2 Å². The first-order valence-electron chi connectivity index (χ1n) is 12.9. The van der Waals surface area contributed by atoms with E-state index < -0.39 is 99.4 Å². The fraction of sp³-hybridized carbons (Fsp3) is 0.720. The molecule has 18 nitrogen and oxygen atoms in total. The molecule has 1 aromatic rings. The molecule has 0 bridgehead atoms. The van der Waals surface area contributed by atoms with Gasteiger partial charge < -0.3 is 90.9 Å². The summed E-state index contributed by atoms with van der Waals surface area (Å²) < 4.78 is 10.6. The van der Waals surface area contributed by atoms with Crippen LogP contribution < -0.4 is 4.74 Å². The number of aliphatic hydroxyl groups is 15. The first-order valence-corrected chi connectivity index (χ1v) is 12.9. The maximum absolute atomic E-state index is 9.87. The van der Waals surface area contributed by atoms with Crippen LogP contribution in [0.1, 0.15) is 12.5 Å². The molecule has 0 unspecified atom stereocenters. The molecule has 18 heteroatoms. The molecule has 1 aromatic carbocycles. The molecule has 0 aliphatic carbocycles. The molecule has 1 saturated heterocycles. The Morgan fingerprint density at radius 2 is 1.28 bits per heavy atom. The van der Waals surface area contributed by atoms with E-state index in [1.165, 1.54) is 6.92 Å². The number of para-hydroxylation sites is 1. The van der Waals surface area contributed by atoms with Gasteiger partial charge in [0.15, 0.2) is 6.29 Å². The molecule has 1 heterocycles. The normalized spacial score (nSPS) is 27.4. The first kappa shape index (κ1) is 41.0. The molecule has 0 amide bonds. The lowest BCUT2D eigenvalue weighted by atomic mass is 9.99. The van der Waals surface area contributed by atoms with E-state index in [1.54, 1.807) is 24.3 Å². The second kappa shape index (κ2) is 20.9. The molecule has 1 fully saturated rings. The molecule has 252 valence electrons. The smallest absolute Gasteiger partial charge is 0.229 e. The zero-order valence-electron chi connectivity index (χ0n) is 23.2. The van der Waals surface area contributed by atoms with Gasteiger partial charge >= 0.3 is 0 Å². The molecule has 0 radical (unpaired) electrons. The number of aldehydes is 1. The SMILES string of the molecule is C[C@H](O)[C@H](O)[C@@H](O)[C@@H](O)C=O.OC[C@@H](O)[C@H](O)[C@H](O)[C@@H](O)CO.OCc1ccccc1O[C@@H]1O[C@H](CO)[C@@H](O)[C@H](O)[C@H]1O. The average molecular weight is 633 g/mol. The Kier molecular flexibility index (Phi) is 20.0. The van der Waals surface area contributed by atoms with E-state index in [0.29, 0.717) is 11.3 Å². The van der Waals surface area contributed by atoms with Crippen LogP contribution in [0.15, 0.2) is 24.3 Å². The van der Waals surface area contributed by atoms with Gasteiger partial charge in [0.1, 0.15) is 72.9 Å². The fourth-order valence-corrected chi connectivity index (χ4v) is 3.28. The number of ether oxygens (including phenoxy) is 2. The van der Waals surface area contributed by atoms with Gasteiger partial charge in [0.2, 0.25) is 6.29 Å². The van der Waals surface area contributed by atoms with Crippen molar-refractivity contribution in [3.63, 3.8) is 0 Å². The molecule has 1 aliphatic heterocycles. The third-order valence-electron chi connectivity index (χ3n) is 6.08. The van der Waals surface area contributed by atoms with Crippen molar-refractivity contribution >= 4 is 6.29 Å². The van der Waals surface area contributed by atoms with Crippen molar-refractivity contribution in [2.75, 3.05) is 19.8 Å². The molecule has 0 aromatic heterocycles. The quantitative estimate of drug-likeness (QED) is 0.0897. The predicted molar refractivity (Wildman–Crippen MR) is 141 cm³/mol. The van der Waals surface area contributed by atoms with Crippen LogP contribution in [-0.2, 0) is 16.1 Å². The van der Waals surface area contributed by atoms with Gasteiger partial charge in [-0.1, -0.05) is 18.2 Å². The summed E-state index contributed by atoms with van der Waals surface area (Å²) in [6, 6.07) is 6.61. The van der Waals surface area contributed by atoms with Crippen LogP contribution in [0.3, 0.4) is 0 Å². The van der Waals surface area contributed by atoms with Gasteiger partial charge in [0, 0.05) is 5.56 Å². The zero-order valence-corrected chi connectivity index (χ0v) is 23.2. The van der Waals surface area contributed by atoms with Gasteiger partial charge in [0.05, 0.1) is 32.5 Å². The van der Waals surface area contributed by atoms with Gasteiger partial charge in [-0.3, -0.25) is 0 Å². The lowest BCUT2D eigenvalue weighted by molar-refractivity contribution is -0.277. The molecule has 2 rings (SSSR count). The maximum atomic E-state index is 9.87. The van der Waals surface area contributed by atoms with Gasteiger partial charge in [-0.25, -0.2) is 0 Å². The van der Waals surface area contributed by atoms with Crippen LogP contribution in [0.2, 0.25) is 0 Å². The Hall–Kier alpha value is -1.95. The molecule has 43 heavy (non-hydrogen) atoms. The summed E-state index contributed by atoms with van der Waals surface area (Å²) in [4.78, 5) is 9.87. The Labute approximate surface area is 246 Å². The third kappa shape index (κ3) is 12.9. The zero-order chi connectivity index (χ0) is 33.4. The van der Waals surface area contributed by atoms with Gasteiger partial charge in [-0.05, 0) is 13.0 Å². The molecule has 15 N–H and O–H groups in total. The summed E-state index contributed by atoms with van der Waals surface area (Å²) in [6.45, 7) is -0.988. The third-order valence-corrected chi connectivity index (χ3v) is 6.08. The number of rotatable bonds is 13. The number of carbonyl (C=O) groups excluding carboxylic acids is 1. The minimum Gasteiger partial charge on any atom is -0.462 e. The maximum Gasteiger partial charge on any atom is 0.229 e. The first-order chi connectivity index (χ1) is 20.1. The Morgan fingerprint density at radius 3 is 1.70 bits per heavy atom. The summed E-state index contributed by atoms with van der Waals surface area (Å²) in [5.41, 5.74) is 0.490. The van der Waals surface area contributed by atoms with E-state index in [4.69, 9.17) is 65.6 Å². The molecule has 13 atom stereocenters. The Bertz CT molecular complexity index is 860. The standard InChI is InChI=1S/C13H18O7.C6H14O6.C6H12O5/c14-5-7-3-1-2-4-8(7)19-13-12(18)11(17)10(16)9(6-15)20-13;7-1-3(9)5(11)6(12)4(10)2-8;1-3(8)5(10)6(11)4(9)2-7/h1-4,9-18H,5-6H2;3-12H,1-2H2;2-6,8-11H,1H3/t9-,10-,11+,12-,13-;3-,4+,5+,6-;3-,4-,5-,6-/m1.0/s1. The van der Waals surface area contributed by atoms with Gasteiger partial charge in [0.25, 0.3) is 0 Å². The summed E-state index contributed by atoms with van der Waals surface area (Å²) in [7, 11) is 0. The monoisotopic (exact) mass is 632 g/mol. The van der Waals surface area contributed by atoms with Gasteiger partial charge in [-0.2, -0.15) is 0 Å². The summed E-state index contributed by atoms with van der Waals surface area (Å²) in [5, 5.41) is 135. The number of hydrogen-bond donors (Lipinski definition) is 15. The lowest BCUT2D eigenvalue weighted by Gasteiger charge is -2.39. The predicted octanol–water partition coefficient (Wildman–Crippen LogP) is -7.58. The number of benzene rings is 1. The van der Waals surface area contributed by atoms with E-state index in [0.717, 1.165) is 0 Å². The van der Waals surface area contributed by atoms with Crippen LogP contribution >= 0.6 is 0 Å². The van der Waals surface area contributed by atoms with Crippen molar-refractivity contribution in [2.45, 2.75) is 93.1 Å². The Balaban J connectivity index is 0.000000664. The fourth-order valence-electron chi connectivity index (χ4n) is 3.28. The topological polar surface area (TPSA) is 339 Å². The van der Waals surface area contributed by atoms with Crippen molar-refractivity contribution in [3.05, 3.63) is 29.8 Å². The van der Waals surface area contributed by atoms with Gasteiger partial charge in [-0.15, -0.1) is 0 Å². The molecular weight excluding hydrogens is 588 g/mol. The van der Waals surface area contributed by atoms with Crippen LogP contribution in [0.25, 0.3) is 0 Å². The number of carbonyl (C=O) groups is 1. The number of hydrogen-bond acceptors (Lipinski definition) is 18. The Morgan fingerprint density at radius 1 is 0.767 bits per heavy atom. The van der Waals surface area contributed by atoms with Crippen molar-refractivity contribution in [1.82, 2.24) is 0 Å². The van der Waals surface area contributed by atoms with Crippen LogP contribution in [0, 0.1) is 0 Å². The highest BCUT2D eigenvalue weighted by molar-refractivity contribution is 5.56. The molecule has 0 saturated carbocycles. The van der Waals surface area contributed by atoms with Crippen LogP contribution in [-0.4, -0.2) is 182 Å². The van der Waals surface area contributed by atoms with Crippen LogP contribution in [0.5, 0.6) is 5.75 Å². The van der Waals surface area contributed by atoms with E-state index >= 15 is 0 Å². The van der Waals surface area contributed by atoms with E-state index in [2.05, 4.69) is 0 Å². The second-order valence-corrected chi connectivity index (χ2v) is 9.41. The average Bonchev–Trinajstić information content (AvgIpc) is 3.02. The highest BCUT2D eigenvalue weighted by atomic mass is 16.7. The summed E-state index contributed by atoms with van der Waals surface area (Å²) in [5.74, 6) is 0.291. The van der Waals surface area contributed by atoms with E-state index in [1.807, 2.05) is 0 Å². The van der Waals surface area contributed by atoms with Crippen molar-refractivity contribution in [3.8, 4) is 5.75 Å². The summed E-state index contributed by atoms with van der Waals surface area (Å²) >= 11 is 0. The van der Waals surface area contributed by atoms with E-state index in [-0.39, 0.29) is 12.9 Å². The molecule has 1 aliphatic rings. The largest absolute Gasteiger partial charge is 0.462 e. The highest BCUT2D eigenvalue weighted by Crippen LogP contribution is 2.26. The summed E-state index contributed by atoms with van der Waals surface area (Å²) in [6.07, 6.45) is -18.9.